The molecule has 0 fully saturated rings. The van der Waals surface area contributed by atoms with Crippen molar-refractivity contribution in [1.29, 1.82) is 0 Å². The molecule has 0 atom stereocenters. The van der Waals surface area contributed by atoms with E-state index in [9.17, 15) is 0 Å². The lowest BCUT2D eigenvalue weighted by molar-refractivity contribution is 0.581. The van der Waals surface area contributed by atoms with Crippen molar-refractivity contribution in [2.75, 3.05) is 7.05 Å². The number of aryl methyl sites for hydroxylation is 1. The van der Waals surface area contributed by atoms with Gasteiger partial charge in [-0.3, -0.25) is 4.99 Å². The highest BCUT2D eigenvalue weighted by molar-refractivity contribution is 7.14. The molecule has 0 unspecified atom stereocenters. The van der Waals surface area contributed by atoms with E-state index in [1.165, 1.54) is 21.6 Å². The number of nitrogens with zero attached hydrogens (tertiary/aromatic N) is 1. The predicted octanol–water partition coefficient (Wildman–Crippen LogP) is 5.01. The third-order valence-corrected chi connectivity index (χ3v) is 4.38. The predicted molar refractivity (Wildman–Crippen MR) is 83.4 cm³/mol. The molecule has 0 aromatic carbocycles. The second kappa shape index (κ2) is 5.57. The van der Waals surface area contributed by atoms with E-state index >= 15 is 0 Å². The summed E-state index contributed by atoms with van der Waals surface area (Å²) in [5.74, 6) is 0.944. The lowest BCUT2D eigenvalue weighted by Crippen LogP contribution is -2.02. The molecule has 0 aliphatic carbocycles. The molecular weight excluding hydrogens is 254 g/mol. The van der Waals surface area contributed by atoms with Gasteiger partial charge in [-0.2, -0.15) is 0 Å². The molecule has 2 rings (SSSR count). The van der Waals surface area contributed by atoms with Gasteiger partial charge in [0.25, 0.3) is 0 Å². The first-order valence-corrected chi connectivity index (χ1v) is 7.20. The van der Waals surface area contributed by atoms with Crippen LogP contribution in [0.15, 0.2) is 38.8 Å². The minimum Gasteiger partial charge on any atom is -0.463 e. The van der Waals surface area contributed by atoms with Crippen LogP contribution < -0.4 is 0 Å². The number of aliphatic imine (C=N–C) groups is 1. The zero-order valence-electron chi connectivity index (χ0n) is 12.1. The molecule has 2 aromatic rings. The van der Waals surface area contributed by atoms with E-state index in [1.807, 2.05) is 20.9 Å². The van der Waals surface area contributed by atoms with Gasteiger partial charge in [-0.05, 0) is 50.5 Å². The average molecular weight is 273 g/mol. The highest BCUT2D eigenvalue weighted by Gasteiger charge is 2.16. The molecule has 2 heterocycles. The number of allylic oxidation sites excluding steroid dienone is 2. The largest absolute Gasteiger partial charge is 0.463 e. The van der Waals surface area contributed by atoms with E-state index in [0.717, 1.165) is 17.0 Å². The van der Waals surface area contributed by atoms with Crippen LogP contribution in [0.5, 0.6) is 0 Å². The smallest absolute Gasteiger partial charge is 0.144 e. The van der Waals surface area contributed by atoms with Gasteiger partial charge < -0.3 is 4.42 Å². The standard InChI is InChI=1S/C16H19NOS/c1-6-11(3)15(17-5)13-9-19-16(12(13)4)14-7-10(2)8-18-14/h6-9H,1-5H3. The molecule has 0 saturated heterocycles. The second-order valence-corrected chi connectivity index (χ2v) is 5.52. The van der Waals surface area contributed by atoms with Gasteiger partial charge in [0.15, 0.2) is 0 Å². The van der Waals surface area contributed by atoms with Crippen LogP contribution in [-0.4, -0.2) is 12.8 Å². The minimum atomic E-state index is 0.944. The van der Waals surface area contributed by atoms with Gasteiger partial charge >= 0.3 is 0 Å². The molecule has 0 bridgehead atoms. The quantitative estimate of drug-likeness (QED) is 0.722. The van der Waals surface area contributed by atoms with Crippen LogP contribution >= 0.6 is 11.3 Å². The van der Waals surface area contributed by atoms with Gasteiger partial charge in [0, 0.05) is 18.0 Å². The van der Waals surface area contributed by atoms with Crippen LogP contribution in [0, 0.1) is 13.8 Å². The Hall–Kier alpha value is -1.61. The normalized spacial score (nSPS) is 13.1. The highest BCUT2D eigenvalue weighted by Crippen LogP contribution is 2.34. The Bertz CT molecular complexity index is 644. The molecular formula is C16H19NOS. The number of hydrogen-bond donors (Lipinski definition) is 0. The molecule has 0 aliphatic rings. The topological polar surface area (TPSA) is 25.5 Å². The van der Waals surface area contributed by atoms with Gasteiger partial charge in [0.2, 0.25) is 0 Å². The van der Waals surface area contributed by atoms with E-state index in [4.69, 9.17) is 4.42 Å². The number of furan rings is 1. The molecule has 2 nitrogen and oxygen atoms in total. The highest BCUT2D eigenvalue weighted by atomic mass is 32.1. The third kappa shape index (κ3) is 2.56. The summed E-state index contributed by atoms with van der Waals surface area (Å²) in [6, 6.07) is 2.08. The maximum absolute atomic E-state index is 5.60. The Morgan fingerprint density at radius 3 is 2.63 bits per heavy atom. The first-order chi connectivity index (χ1) is 9.08. The average Bonchev–Trinajstić information content (AvgIpc) is 2.97. The van der Waals surface area contributed by atoms with Crippen molar-refractivity contribution in [3.63, 3.8) is 0 Å². The van der Waals surface area contributed by atoms with Gasteiger partial charge in [0.05, 0.1) is 16.9 Å². The van der Waals surface area contributed by atoms with Crippen molar-refractivity contribution in [3.8, 4) is 10.6 Å². The summed E-state index contributed by atoms with van der Waals surface area (Å²) in [5.41, 5.74) is 5.85. The van der Waals surface area contributed by atoms with E-state index in [0.29, 0.717) is 0 Å². The first-order valence-electron chi connectivity index (χ1n) is 6.32. The fourth-order valence-corrected chi connectivity index (χ4v) is 3.12. The summed E-state index contributed by atoms with van der Waals surface area (Å²) in [6.07, 6.45) is 3.89. The van der Waals surface area contributed by atoms with Crippen molar-refractivity contribution in [2.45, 2.75) is 27.7 Å². The molecule has 0 saturated carbocycles. The van der Waals surface area contributed by atoms with Gasteiger partial charge in [-0.15, -0.1) is 11.3 Å². The molecule has 3 heteroatoms. The van der Waals surface area contributed by atoms with Crippen LogP contribution in [0.4, 0.5) is 0 Å². The SMILES string of the molecule is CC=C(C)C(=NC)c1csc(-c2cc(C)co2)c1C. The Morgan fingerprint density at radius 1 is 1.37 bits per heavy atom. The van der Waals surface area contributed by atoms with Crippen LogP contribution in [0.1, 0.15) is 30.5 Å². The molecule has 19 heavy (non-hydrogen) atoms. The maximum Gasteiger partial charge on any atom is 0.144 e. The van der Waals surface area contributed by atoms with Crippen LogP contribution in [0.25, 0.3) is 10.6 Å². The van der Waals surface area contributed by atoms with Gasteiger partial charge in [-0.25, -0.2) is 0 Å². The molecule has 0 N–H and O–H groups in total. The fraction of sp³-hybridized carbons (Fsp3) is 0.312. The van der Waals surface area contributed by atoms with Crippen molar-refractivity contribution >= 4 is 17.0 Å². The third-order valence-electron chi connectivity index (χ3n) is 3.28. The lowest BCUT2D eigenvalue weighted by atomic mass is 10.0. The summed E-state index contributed by atoms with van der Waals surface area (Å²) in [6.45, 7) is 8.31. The van der Waals surface area contributed by atoms with E-state index in [2.05, 4.69) is 36.4 Å². The summed E-state index contributed by atoms with van der Waals surface area (Å²) >= 11 is 1.71. The summed E-state index contributed by atoms with van der Waals surface area (Å²) in [4.78, 5) is 5.61. The number of thiophene rings is 1. The van der Waals surface area contributed by atoms with Gasteiger partial charge in [-0.1, -0.05) is 6.08 Å². The van der Waals surface area contributed by atoms with Crippen molar-refractivity contribution in [1.82, 2.24) is 0 Å². The summed E-state index contributed by atoms with van der Waals surface area (Å²) in [7, 11) is 1.84. The van der Waals surface area contributed by atoms with Crippen molar-refractivity contribution < 1.29 is 4.42 Å². The Kier molecular flexibility index (Phi) is 4.05. The van der Waals surface area contributed by atoms with Crippen LogP contribution in [0.2, 0.25) is 0 Å². The van der Waals surface area contributed by atoms with E-state index in [1.54, 1.807) is 17.6 Å². The minimum absolute atomic E-state index is 0.944. The zero-order chi connectivity index (χ0) is 14.0. The Balaban J connectivity index is 2.49. The van der Waals surface area contributed by atoms with Crippen molar-refractivity contribution in [3.05, 3.63) is 46.0 Å². The molecule has 0 spiro atoms. The number of rotatable bonds is 3. The van der Waals surface area contributed by atoms with Gasteiger partial charge in [0.1, 0.15) is 5.76 Å². The molecule has 100 valence electrons. The lowest BCUT2D eigenvalue weighted by Gasteiger charge is -2.05. The molecule has 0 amide bonds. The van der Waals surface area contributed by atoms with Crippen LogP contribution in [0.3, 0.4) is 0 Å². The summed E-state index contributed by atoms with van der Waals surface area (Å²) < 4.78 is 5.60. The zero-order valence-corrected chi connectivity index (χ0v) is 12.9. The Morgan fingerprint density at radius 2 is 2.11 bits per heavy atom. The van der Waals surface area contributed by atoms with E-state index in [-0.39, 0.29) is 0 Å². The molecule has 0 aliphatic heterocycles. The first kappa shape index (κ1) is 13.8. The van der Waals surface area contributed by atoms with Crippen molar-refractivity contribution in [2.24, 2.45) is 4.99 Å². The monoisotopic (exact) mass is 273 g/mol. The van der Waals surface area contributed by atoms with Crippen LogP contribution in [-0.2, 0) is 0 Å². The number of hydrogen-bond acceptors (Lipinski definition) is 3. The Labute approximate surface area is 118 Å². The fourth-order valence-electron chi connectivity index (χ4n) is 2.09. The molecule has 0 radical (unpaired) electrons. The van der Waals surface area contributed by atoms with E-state index < -0.39 is 0 Å². The second-order valence-electron chi connectivity index (χ2n) is 4.64. The maximum atomic E-state index is 5.60. The summed E-state index contributed by atoms with van der Waals surface area (Å²) in [5, 5.41) is 2.16. The molecule has 2 aromatic heterocycles.